The van der Waals surface area contributed by atoms with Crippen LogP contribution in [0.1, 0.15) is 18.5 Å². The number of carbonyl (C=O) groups excluding carboxylic acids is 3. The molecule has 4 amide bonds. The van der Waals surface area contributed by atoms with Gasteiger partial charge in [-0.05, 0) is 37.1 Å². The molecule has 1 aliphatic heterocycles. The summed E-state index contributed by atoms with van der Waals surface area (Å²) in [5.41, 5.74) is 6.51. The van der Waals surface area contributed by atoms with Gasteiger partial charge in [0.1, 0.15) is 0 Å². The zero-order chi connectivity index (χ0) is 20.1. The molecule has 28 heavy (non-hydrogen) atoms. The van der Waals surface area contributed by atoms with E-state index in [1.807, 2.05) is 0 Å². The molecule has 3 rings (SSSR count). The van der Waals surface area contributed by atoms with Crippen LogP contribution in [0, 0.1) is 5.92 Å². The Labute approximate surface area is 171 Å². The van der Waals surface area contributed by atoms with Crippen LogP contribution in [-0.2, 0) is 16.0 Å². The first-order valence-electron chi connectivity index (χ1n) is 8.76. The molecule has 1 fully saturated rings. The first-order chi connectivity index (χ1) is 13.4. The average molecular weight is 422 g/mol. The Kier molecular flexibility index (Phi) is 6.48. The lowest BCUT2D eigenvalue weighted by atomic mass is 9.96. The molecule has 0 unspecified atom stereocenters. The summed E-state index contributed by atoms with van der Waals surface area (Å²) in [4.78, 5) is 41.7. The molecule has 4 N–H and O–H groups in total. The van der Waals surface area contributed by atoms with Gasteiger partial charge in [-0.25, -0.2) is 9.78 Å². The Morgan fingerprint density at radius 1 is 1.18 bits per heavy atom. The fourth-order valence-electron chi connectivity index (χ4n) is 2.92. The maximum Gasteiger partial charge on any atom is 0.325 e. The molecular formula is C18H20ClN5O3S. The molecule has 0 bridgehead atoms. The van der Waals surface area contributed by atoms with E-state index in [9.17, 15) is 14.4 Å². The van der Waals surface area contributed by atoms with Crippen molar-refractivity contribution in [1.82, 2.24) is 9.88 Å². The topological polar surface area (TPSA) is 117 Å². The summed E-state index contributed by atoms with van der Waals surface area (Å²) in [5.74, 6) is -0.511. The van der Waals surface area contributed by atoms with Gasteiger partial charge in [0.2, 0.25) is 11.8 Å². The van der Waals surface area contributed by atoms with E-state index < -0.39 is 6.03 Å². The van der Waals surface area contributed by atoms with Gasteiger partial charge in [0.15, 0.2) is 5.13 Å². The number of anilines is 2. The monoisotopic (exact) mass is 421 g/mol. The van der Waals surface area contributed by atoms with Crippen molar-refractivity contribution in [3.8, 4) is 0 Å². The highest BCUT2D eigenvalue weighted by Crippen LogP contribution is 2.20. The zero-order valence-corrected chi connectivity index (χ0v) is 16.6. The number of aromatic nitrogens is 1. The number of halogens is 1. The molecule has 0 saturated carbocycles. The summed E-state index contributed by atoms with van der Waals surface area (Å²) in [5, 5.41) is 8.05. The molecule has 1 saturated heterocycles. The van der Waals surface area contributed by atoms with Gasteiger partial charge in [-0.3, -0.25) is 14.9 Å². The van der Waals surface area contributed by atoms with Crippen molar-refractivity contribution in [2.24, 2.45) is 11.7 Å². The van der Waals surface area contributed by atoms with Crippen molar-refractivity contribution < 1.29 is 14.4 Å². The largest absolute Gasteiger partial charge is 0.369 e. The number of thiazole rings is 1. The number of amides is 4. The molecule has 148 valence electrons. The second-order valence-corrected chi connectivity index (χ2v) is 7.76. The minimum Gasteiger partial charge on any atom is -0.369 e. The van der Waals surface area contributed by atoms with Gasteiger partial charge in [0.25, 0.3) is 0 Å². The number of likely N-dealkylation sites (tertiary alicyclic amines) is 1. The molecule has 0 spiro atoms. The minimum atomic E-state index is -0.428. The van der Waals surface area contributed by atoms with Gasteiger partial charge in [-0.15, -0.1) is 11.3 Å². The lowest BCUT2D eigenvalue weighted by Gasteiger charge is -2.30. The molecule has 0 aliphatic carbocycles. The van der Waals surface area contributed by atoms with Crippen LogP contribution in [-0.4, -0.2) is 40.8 Å². The third-order valence-electron chi connectivity index (χ3n) is 4.46. The number of urea groups is 1. The number of hydrogen-bond acceptors (Lipinski definition) is 5. The van der Waals surface area contributed by atoms with Crippen molar-refractivity contribution in [3.63, 3.8) is 0 Å². The number of nitrogens with one attached hydrogen (secondary N) is 2. The van der Waals surface area contributed by atoms with Crippen molar-refractivity contribution in [1.29, 1.82) is 0 Å². The highest BCUT2D eigenvalue weighted by Gasteiger charge is 2.26. The standard InChI is InChI=1S/C18H20ClN5O3S/c19-12-1-3-13(4-2-12)21-17(27)23-18-22-14(10-28-18)9-15(25)24-7-5-11(6-8-24)16(20)26/h1-4,10-11H,5-9H2,(H2,20,26)(H2,21,22,23,27). The average Bonchev–Trinajstić information content (AvgIpc) is 3.10. The number of hydrogen-bond donors (Lipinski definition) is 3. The van der Waals surface area contributed by atoms with Gasteiger partial charge in [-0.1, -0.05) is 11.6 Å². The van der Waals surface area contributed by atoms with Crippen LogP contribution >= 0.6 is 22.9 Å². The van der Waals surface area contributed by atoms with E-state index in [-0.39, 0.29) is 24.2 Å². The van der Waals surface area contributed by atoms with E-state index in [0.29, 0.717) is 47.5 Å². The summed E-state index contributed by atoms with van der Waals surface area (Å²) >= 11 is 7.06. The number of nitrogens with zero attached hydrogens (tertiary/aromatic N) is 2. The summed E-state index contributed by atoms with van der Waals surface area (Å²) in [6.45, 7) is 1.04. The molecule has 10 heteroatoms. The lowest BCUT2D eigenvalue weighted by molar-refractivity contribution is -0.134. The normalized spacial score (nSPS) is 14.5. The Balaban J connectivity index is 1.48. The summed E-state index contributed by atoms with van der Waals surface area (Å²) in [6, 6.07) is 6.31. The highest BCUT2D eigenvalue weighted by molar-refractivity contribution is 7.14. The van der Waals surface area contributed by atoms with Crippen molar-refractivity contribution in [3.05, 3.63) is 40.4 Å². The molecule has 8 nitrogen and oxygen atoms in total. The first kappa shape index (κ1) is 20.1. The summed E-state index contributed by atoms with van der Waals surface area (Å²) in [7, 11) is 0. The van der Waals surface area contributed by atoms with Crippen LogP contribution in [0.2, 0.25) is 5.02 Å². The Morgan fingerprint density at radius 3 is 2.50 bits per heavy atom. The molecule has 1 aromatic heterocycles. The van der Waals surface area contributed by atoms with Crippen molar-refractivity contribution in [2.75, 3.05) is 23.7 Å². The lowest BCUT2D eigenvalue weighted by Crippen LogP contribution is -2.42. The zero-order valence-electron chi connectivity index (χ0n) is 15.0. The third-order valence-corrected chi connectivity index (χ3v) is 5.52. The van der Waals surface area contributed by atoms with Crippen LogP contribution in [0.3, 0.4) is 0 Å². The predicted molar refractivity (Wildman–Crippen MR) is 108 cm³/mol. The SMILES string of the molecule is NC(=O)C1CCN(C(=O)Cc2csc(NC(=O)Nc3ccc(Cl)cc3)n2)CC1. The highest BCUT2D eigenvalue weighted by atomic mass is 35.5. The molecule has 0 atom stereocenters. The quantitative estimate of drug-likeness (QED) is 0.687. The fourth-order valence-corrected chi connectivity index (χ4v) is 3.75. The second-order valence-electron chi connectivity index (χ2n) is 6.46. The van der Waals surface area contributed by atoms with Gasteiger partial charge < -0.3 is 16.0 Å². The van der Waals surface area contributed by atoms with E-state index in [4.69, 9.17) is 17.3 Å². The van der Waals surface area contributed by atoms with Gasteiger partial charge in [0, 0.05) is 35.1 Å². The molecule has 1 aromatic carbocycles. The molecular weight excluding hydrogens is 402 g/mol. The smallest absolute Gasteiger partial charge is 0.325 e. The third kappa shape index (κ3) is 5.43. The second kappa shape index (κ2) is 9.03. The number of rotatable bonds is 5. The Bertz CT molecular complexity index is 862. The van der Waals surface area contributed by atoms with E-state index in [1.165, 1.54) is 11.3 Å². The molecule has 2 heterocycles. The van der Waals surface area contributed by atoms with Gasteiger partial charge >= 0.3 is 6.03 Å². The van der Waals surface area contributed by atoms with E-state index in [2.05, 4.69) is 15.6 Å². The molecule has 2 aromatic rings. The van der Waals surface area contributed by atoms with Crippen molar-refractivity contribution >= 4 is 51.6 Å². The number of piperidine rings is 1. The van der Waals surface area contributed by atoms with Crippen LogP contribution in [0.25, 0.3) is 0 Å². The minimum absolute atomic E-state index is 0.0506. The number of nitrogens with two attached hydrogens (primary N) is 1. The van der Waals surface area contributed by atoms with Gasteiger partial charge in [-0.2, -0.15) is 0 Å². The molecule has 0 radical (unpaired) electrons. The summed E-state index contributed by atoms with van der Waals surface area (Å²) < 4.78 is 0. The molecule has 1 aliphatic rings. The van der Waals surface area contributed by atoms with Crippen LogP contribution in [0.5, 0.6) is 0 Å². The van der Waals surface area contributed by atoms with Crippen molar-refractivity contribution in [2.45, 2.75) is 19.3 Å². The van der Waals surface area contributed by atoms with Crippen LogP contribution in [0.4, 0.5) is 15.6 Å². The van der Waals surface area contributed by atoms with Crippen LogP contribution < -0.4 is 16.4 Å². The maximum atomic E-state index is 12.4. The van der Waals surface area contributed by atoms with Gasteiger partial charge in [0.05, 0.1) is 12.1 Å². The Hall–Kier alpha value is -2.65. The van der Waals surface area contributed by atoms with E-state index in [0.717, 1.165) is 0 Å². The fraction of sp³-hybridized carbons (Fsp3) is 0.333. The number of primary amides is 1. The maximum absolute atomic E-state index is 12.4. The summed E-state index contributed by atoms with van der Waals surface area (Å²) in [6.07, 6.45) is 1.34. The van der Waals surface area contributed by atoms with E-state index >= 15 is 0 Å². The number of benzene rings is 1. The number of carbonyl (C=O) groups is 3. The first-order valence-corrected chi connectivity index (χ1v) is 10.0. The predicted octanol–water partition coefficient (Wildman–Crippen LogP) is 2.71. The Morgan fingerprint density at radius 2 is 1.86 bits per heavy atom. The van der Waals surface area contributed by atoms with E-state index in [1.54, 1.807) is 34.5 Å². The van der Waals surface area contributed by atoms with Crippen LogP contribution in [0.15, 0.2) is 29.6 Å².